The molecule has 0 saturated heterocycles. The molecule has 18 heavy (non-hydrogen) atoms. The highest BCUT2D eigenvalue weighted by atomic mass is 79.9. The largest absolute Gasteiger partial charge is 0.344 e. The molecule has 2 aromatic carbocycles. The van der Waals surface area contributed by atoms with Crippen molar-refractivity contribution in [1.82, 2.24) is 0 Å². The van der Waals surface area contributed by atoms with Gasteiger partial charge in [0.15, 0.2) is 5.78 Å². The molecule has 0 fully saturated rings. The number of Topliss-reactive ketones (excluding diaryl/α,β-unsaturated/α-hetero) is 1. The highest BCUT2D eigenvalue weighted by molar-refractivity contribution is 9.10. The van der Waals surface area contributed by atoms with Gasteiger partial charge in [0.05, 0.1) is 5.69 Å². The molecule has 1 aliphatic rings. The van der Waals surface area contributed by atoms with Crippen LogP contribution in [0.25, 0.3) is 0 Å². The number of rotatable bonds is 0. The van der Waals surface area contributed by atoms with Gasteiger partial charge < -0.3 is 4.90 Å². The third-order valence-corrected chi connectivity index (χ3v) is 3.82. The van der Waals surface area contributed by atoms with Gasteiger partial charge in [0.25, 0.3) is 0 Å². The standard InChI is InChI=1S/C15H12BrNO/c1-17-13-5-3-2-4-10(13)8-15(18)12-9-11(16)6-7-14(12)17/h2-7,9H,8H2,1H3. The monoisotopic (exact) mass is 301 g/mol. The number of nitrogens with zero attached hydrogens (tertiary/aromatic N) is 1. The summed E-state index contributed by atoms with van der Waals surface area (Å²) in [6.07, 6.45) is 0.462. The van der Waals surface area contributed by atoms with Crippen molar-refractivity contribution in [2.45, 2.75) is 6.42 Å². The van der Waals surface area contributed by atoms with E-state index in [1.807, 2.05) is 43.4 Å². The van der Waals surface area contributed by atoms with E-state index >= 15 is 0 Å². The van der Waals surface area contributed by atoms with Gasteiger partial charge >= 0.3 is 0 Å². The zero-order valence-electron chi connectivity index (χ0n) is 9.98. The van der Waals surface area contributed by atoms with Crippen LogP contribution >= 0.6 is 15.9 Å². The minimum atomic E-state index is 0.170. The Balaban J connectivity index is 2.25. The molecular formula is C15H12BrNO. The molecule has 0 bridgehead atoms. The molecule has 2 nitrogen and oxygen atoms in total. The molecule has 0 N–H and O–H groups in total. The highest BCUT2D eigenvalue weighted by Gasteiger charge is 2.22. The average Bonchev–Trinajstić information content (AvgIpc) is 2.47. The summed E-state index contributed by atoms with van der Waals surface area (Å²) in [7, 11) is 2.00. The molecule has 0 aliphatic carbocycles. The lowest BCUT2D eigenvalue weighted by Crippen LogP contribution is -2.11. The van der Waals surface area contributed by atoms with Gasteiger partial charge in [-0.1, -0.05) is 34.1 Å². The van der Waals surface area contributed by atoms with Gasteiger partial charge in [-0.05, 0) is 29.8 Å². The van der Waals surface area contributed by atoms with Gasteiger partial charge in [-0.15, -0.1) is 0 Å². The molecule has 3 rings (SSSR count). The highest BCUT2D eigenvalue weighted by Crippen LogP contribution is 2.35. The van der Waals surface area contributed by atoms with Crippen molar-refractivity contribution in [2.24, 2.45) is 0 Å². The lowest BCUT2D eigenvalue weighted by atomic mass is 10.0. The minimum absolute atomic E-state index is 0.170. The molecule has 1 aliphatic heterocycles. The number of benzene rings is 2. The SMILES string of the molecule is CN1c2ccccc2CC(=O)c2cc(Br)ccc21. The van der Waals surface area contributed by atoms with Crippen LogP contribution in [0.15, 0.2) is 46.9 Å². The Kier molecular flexibility index (Phi) is 2.71. The van der Waals surface area contributed by atoms with Crippen molar-refractivity contribution in [2.75, 3.05) is 11.9 Å². The Morgan fingerprint density at radius 3 is 2.72 bits per heavy atom. The fraction of sp³-hybridized carbons (Fsp3) is 0.133. The van der Waals surface area contributed by atoms with Crippen LogP contribution in [0, 0.1) is 0 Å². The molecule has 0 spiro atoms. The van der Waals surface area contributed by atoms with Crippen molar-refractivity contribution in [1.29, 1.82) is 0 Å². The maximum atomic E-state index is 12.3. The Hall–Kier alpha value is -1.61. The molecule has 0 unspecified atom stereocenters. The first kappa shape index (κ1) is 11.5. The summed E-state index contributed by atoms with van der Waals surface area (Å²) >= 11 is 3.43. The maximum absolute atomic E-state index is 12.3. The van der Waals surface area contributed by atoms with Gasteiger partial charge in [0.1, 0.15) is 0 Å². The quantitative estimate of drug-likeness (QED) is 0.734. The second-order valence-electron chi connectivity index (χ2n) is 4.45. The normalized spacial score (nSPS) is 13.9. The summed E-state index contributed by atoms with van der Waals surface area (Å²) in [6.45, 7) is 0. The smallest absolute Gasteiger partial charge is 0.169 e. The van der Waals surface area contributed by atoms with Gasteiger partial charge in [-0.2, -0.15) is 0 Å². The molecular weight excluding hydrogens is 290 g/mol. The number of para-hydroxylation sites is 1. The fourth-order valence-corrected chi connectivity index (χ4v) is 2.77. The third kappa shape index (κ3) is 1.75. The summed E-state index contributed by atoms with van der Waals surface area (Å²) in [5.41, 5.74) is 3.93. The molecule has 1 heterocycles. The number of carbonyl (C=O) groups is 1. The van der Waals surface area contributed by atoms with Crippen LogP contribution in [0.2, 0.25) is 0 Å². The van der Waals surface area contributed by atoms with E-state index in [0.717, 1.165) is 27.0 Å². The zero-order valence-corrected chi connectivity index (χ0v) is 11.6. The predicted octanol–water partition coefficient (Wildman–Crippen LogP) is 3.96. The van der Waals surface area contributed by atoms with Crippen LogP contribution in [0.5, 0.6) is 0 Å². The summed E-state index contributed by atoms with van der Waals surface area (Å²) in [4.78, 5) is 14.4. The van der Waals surface area contributed by atoms with E-state index in [0.29, 0.717) is 6.42 Å². The molecule has 0 saturated carbocycles. The van der Waals surface area contributed by atoms with E-state index < -0.39 is 0 Å². The molecule has 2 aromatic rings. The van der Waals surface area contributed by atoms with Gasteiger partial charge in [-0.3, -0.25) is 4.79 Å². The summed E-state index contributed by atoms with van der Waals surface area (Å²) in [6, 6.07) is 13.9. The van der Waals surface area contributed by atoms with Gasteiger partial charge in [0.2, 0.25) is 0 Å². The minimum Gasteiger partial charge on any atom is -0.344 e. The molecule has 0 atom stereocenters. The van der Waals surface area contributed by atoms with E-state index in [9.17, 15) is 4.79 Å². The Morgan fingerprint density at radius 1 is 1.11 bits per heavy atom. The Bertz CT molecular complexity index is 636. The van der Waals surface area contributed by atoms with Crippen molar-refractivity contribution in [3.05, 3.63) is 58.1 Å². The van der Waals surface area contributed by atoms with Crippen molar-refractivity contribution in [3.63, 3.8) is 0 Å². The van der Waals surface area contributed by atoms with Crippen molar-refractivity contribution in [3.8, 4) is 0 Å². The lowest BCUT2D eigenvalue weighted by Gasteiger charge is -2.21. The fourth-order valence-electron chi connectivity index (χ4n) is 2.41. The molecule has 0 aromatic heterocycles. The van der Waals surface area contributed by atoms with E-state index in [2.05, 4.69) is 26.9 Å². The summed E-state index contributed by atoms with van der Waals surface area (Å²) in [5.74, 6) is 0.170. The number of carbonyl (C=O) groups excluding carboxylic acids is 1. The summed E-state index contributed by atoms with van der Waals surface area (Å²) < 4.78 is 0.939. The zero-order chi connectivity index (χ0) is 12.7. The second kappa shape index (κ2) is 4.25. The number of ketones is 1. The van der Waals surface area contributed by atoms with E-state index in [4.69, 9.17) is 0 Å². The molecule has 0 radical (unpaired) electrons. The Labute approximate surface area is 114 Å². The second-order valence-corrected chi connectivity index (χ2v) is 5.36. The first-order chi connectivity index (χ1) is 8.66. The summed E-state index contributed by atoms with van der Waals surface area (Å²) in [5, 5.41) is 0. The van der Waals surface area contributed by atoms with Crippen LogP contribution in [0.3, 0.4) is 0 Å². The van der Waals surface area contributed by atoms with Crippen LogP contribution in [0.1, 0.15) is 15.9 Å². The third-order valence-electron chi connectivity index (χ3n) is 3.32. The predicted molar refractivity (Wildman–Crippen MR) is 76.7 cm³/mol. The van der Waals surface area contributed by atoms with Crippen molar-refractivity contribution >= 4 is 33.1 Å². The number of anilines is 2. The molecule has 0 amide bonds. The average molecular weight is 302 g/mol. The van der Waals surface area contributed by atoms with Gasteiger partial charge in [0, 0.05) is 29.2 Å². The number of halogens is 1. The molecule has 3 heteroatoms. The van der Waals surface area contributed by atoms with Crippen LogP contribution in [-0.2, 0) is 6.42 Å². The topological polar surface area (TPSA) is 20.3 Å². The van der Waals surface area contributed by atoms with Crippen LogP contribution < -0.4 is 4.90 Å². The van der Waals surface area contributed by atoms with Crippen molar-refractivity contribution < 1.29 is 4.79 Å². The molecule has 90 valence electrons. The number of fused-ring (bicyclic) bond motifs is 2. The first-order valence-corrected chi connectivity index (χ1v) is 6.60. The first-order valence-electron chi connectivity index (χ1n) is 5.81. The van der Waals surface area contributed by atoms with E-state index in [1.165, 1.54) is 0 Å². The van der Waals surface area contributed by atoms with Gasteiger partial charge in [-0.25, -0.2) is 0 Å². The number of hydrogen-bond acceptors (Lipinski definition) is 2. The maximum Gasteiger partial charge on any atom is 0.169 e. The Morgan fingerprint density at radius 2 is 1.89 bits per heavy atom. The van der Waals surface area contributed by atoms with Crippen LogP contribution in [-0.4, -0.2) is 12.8 Å². The van der Waals surface area contributed by atoms with Crippen LogP contribution in [0.4, 0.5) is 11.4 Å². The van der Waals surface area contributed by atoms with E-state index in [1.54, 1.807) is 0 Å². The lowest BCUT2D eigenvalue weighted by molar-refractivity contribution is 0.0994. The number of hydrogen-bond donors (Lipinski definition) is 0. The van der Waals surface area contributed by atoms with E-state index in [-0.39, 0.29) is 5.78 Å².